The van der Waals surface area contributed by atoms with Crippen LogP contribution >= 0.6 is 0 Å². The number of amides is 1. The molecule has 1 heterocycles. The first-order chi connectivity index (χ1) is 15.9. The minimum Gasteiger partial charge on any atom is -0.503 e. The van der Waals surface area contributed by atoms with Gasteiger partial charge in [-0.15, -0.1) is 0 Å². The molecule has 1 atom stereocenters. The summed E-state index contributed by atoms with van der Waals surface area (Å²) in [5.41, 5.74) is 4.48. The minimum absolute atomic E-state index is 0.221. The van der Waals surface area contributed by atoms with Crippen LogP contribution in [0.25, 0.3) is 5.57 Å². The smallest absolute Gasteiger partial charge is 0.290 e. The molecular formula is C28H29NO4. The van der Waals surface area contributed by atoms with Crippen LogP contribution in [0.5, 0.6) is 11.5 Å². The van der Waals surface area contributed by atoms with Crippen molar-refractivity contribution in [3.63, 3.8) is 0 Å². The molecule has 0 spiro atoms. The van der Waals surface area contributed by atoms with Gasteiger partial charge in [0, 0.05) is 12.1 Å². The predicted molar refractivity (Wildman–Crippen MR) is 129 cm³/mol. The van der Waals surface area contributed by atoms with Crippen molar-refractivity contribution in [3.8, 4) is 11.5 Å². The molecule has 0 unspecified atom stereocenters. The second-order valence-electron chi connectivity index (χ2n) is 8.50. The largest absolute Gasteiger partial charge is 0.503 e. The number of ether oxygens (including phenoxy) is 2. The third-order valence-electron chi connectivity index (χ3n) is 6.11. The molecule has 3 aromatic carbocycles. The summed E-state index contributed by atoms with van der Waals surface area (Å²) in [5, 5.41) is 11.0. The Bertz CT molecular complexity index is 1160. The van der Waals surface area contributed by atoms with Crippen molar-refractivity contribution in [2.45, 2.75) is 32.4 Å². The number of carbonyl (C=O) groups excluding carboxylic acids is 1. The number of rotatable bonds is 7. The molecular weight excluding hydrogens is 414 g/mol. The number of aliphatic hydroxyl groups is 1. The average Bonchev–Trinajstić information content (AvgIpc) is 3.09. The topological polar surface area (TPSA) is 59.0 Å². The van der Waals surface area contributed by atoms with Gasteiger partial charge in [-0.05, 0) is 52.4 Å². The summed E-state index contributed by atoms with van der Waals surface area (Å²) < 4.78 is 10.6. The van der Waals surface area contributed by atoms with Gasteiger partial charge in [0.25, 0.3) is 5.91 Å². The zero-order valence-electron chi connectivity index (χ0n) is 19.4. The molecule has 0 saturated heterocycles. The maximum absolute atomic E-state index is 13.3. The molecule has 0 radical (unpaired) electrons. The van der Waals surface area contributed by atoms with Gasteiger partial charge in [-0.25, -0.2) is 0 Å². The fourth-order valence-electron chi connectivity index (χ4n) is 4.26. The highest BCUT2D eigenvalue weighted by atomic mass is 16.5. The summed E-state index contributed by atoms with van der Waals surface area (Å²) in [5.74, 6) is 1.24. The molecule has 0 aliphatic carbocycles. The predicted octanol–water partition coefficient (Wildman–Crippen LogP) is 5.88. The van der Waals surface area contributed by atoms with Gasteiger partial charge < -0.3 is 19.5 Å². The molecule has 1 aliphatic rings. The van der Waals surface area contributed by atoms with Crippen molar-refractivity contribution in [1.82, 2.24) is 4.90 Å². The van der Waals surface area contributed by atoms with E-state index in [0.29, 0.717) is 23.8 Å². The summed E-state index contributed by atoms with van der Waals surface area (Å²) in [6.45, 7) is 4.64. The van der Waals surface area contributed by atoms with E-state index in [-0.39, 0.29) is 11.7 Å². The lowest BCUT2D eigenvalue weighted by Gasteiger charge is -2.28. The number of hydrogen-bond acceptors (Lipinski definition) is 4. The average molecular weight is 444 g/mol. The molecule has 0 bridgehead atoms. The zero-order chi connectivity index (χ0) is 23.5. The minimum atomic E-state index is -0.418. The van der Waals surface area contributed by atoms with Crippen LogP contribution in [0.1, 0.15) is 48.1 Å². The first-order valence-corrected chi connectivity index (χ1v) is 11.0. The summed E-state index contributed by atoms with van der Waals surface area (Å²) >= 11 is 0. The van der Waals surface area contributed by atoms with Crippen molar-refractivity contribution >= 4 is 11.5 Å². The summed E-state index contributed by atoms with van der Waals surface area (Å²) in [6.07, 6.45) is 0. The second-order valence-corrected chi connectivity index (χ2v) is 8.50. The van der Waals surface area contributed by atoms with Crippen molar-refractivity contribution in [2.75, 3.05) is 14.2 Å². The van der Waals surface area contributed by atoms with Crippen LogP contribution in [0.15, 0.2) is 78.6 Å². The monoisotopic (exact) mass is 443 g/mol. The van der Waals surface area contributed by atoms with Crippen LogP contribution in [0.2, 0.25) is 0 Å². The van der Waals surface area contributed by atoms with Gasteiger partial charge >= 0.3 is 0 Å². The van der Waals surface area contributed by atoms with Crippen molar-refractivity contribution in [2.24, 2.45) is 0 Å². The van der Waals surface area contributed by atoms with Crippen LogP contribution < -0.4 is 9.47 Å². The maximum atomic E-state index is 13.3. The maximum Gasteiger partial charge on any atom is 0.290 e. The van der Waals surface area contributed by atoms with E-state index < -0.39 is 6.04 Å². The van der Waals surface area contributed by atoms with E-state index in [9.17, 15) is 9.90 Å². The molecule has 5 heteroatoms. The fraction of sp³-hybridized carbons (Fsp3) is 0.250. The molecule has 1 amide bonds. The van der Waals surface area contributed by atoms with E-state index in [1.165, 1.54) is 5.56 Å². The van der Waals surface area contributed by atoms with Crippen molar-refractivity contribution in [1.29, 1.82) is 0 Å². The number of hydrogen-bond donors (Lipinski definition) is 1. The quantitative estimate of drug-likeness (QED) is 0.495. The highest BCUT2D eigenvalue weighted by Gasteiger charge is 2.41. The lowest BCUT2D eigenvalue weighted by atomic mass is 9.91. The van der Waals surface area contributed by atoms with E-state index in [0.717, 1.165) is 22.4 Å². The molecule has 0 aromatic heterocycles. The Labute approximate surface area is 194 Å². The van der Waals surface area contributed by atoms with Gasteiger partial charge in [0.2, 0.25) is 0 Å². The first-order valence-electron chi connectivity index (χ1n) is 11.0. The first kappa shape index (κ1) is 22.5. The zero-order valence-corrected chi connectivity index (χ0v) is 19.4. The Hall–Kier alpha value is -3.73. The van der Waals surface area contributed by atoms with Gasteiger partial charge in [-0.3, -0.25) is 4.79 Å². The van der Waals surface area contributed by atoms with Crippen molar-refractivity contribution < 1.29 is 19.4 Å². The number of aliphatic hydroxyl groups excluding tert-OH is 1. The highest BCUT2D eigenvalue weighted by molar-refractivity contribution is 6.05. The van der Waals surface area contributed by atoms with E-state index in [1.807, 2.05) is 60.7 Å². The molecule has 0 saturated carbocycles. The molecule has 5 nitrogen and oxygen atoms in total. The van der Waals surface area contributed by atoms with Gasteiger partial charge in [-0.2, -0.15) is 0 Å². The normalized spacial score (nSPS) is 16.0. The molecule has 170 valence electrons. The molecule has 1 N–H and O–H groups in total. The number of nitrogens with zero attached hydrogens (tertiary/aromatic N) is 1. The lowest BCUT2D eigenvalue weighted by molar-refractivity contribution is -0.130. The summed E-state index contributed by atoms with van der Waals surface area (Å²) in [6, 6.07) is 22.9. The molecule has 3 aromatic rings. The third-order valence-corrected chi connectivity index (χ3v) is 6.11. The fourth-order valence-corrected chi connectivity index (χ4v) is 4.26. The van der Waals surface area contributed by atoms with Crippen LogP contribution in [0, 0.1) is 0 Å². The Morgan fingerprint density at radius 3 is 2.18 bits per heavy atom. The van der Waals surface area contributed by atoms with Crippen LogP contribution in [0.3, 0.4) is 0 Å². The standard InChI is InChI=1S/C28H29NO4/c1-18(2)20-8-10-22(11-9-20)26-25(21-12-14-23(32-3)15-13-21)27(30)28(31)29(26)17-19-6-5-7-24(16-19)33-4/h5-16,18,26,30H,17H2,1-4H3/t26-/m1/s1. The van der Waals surface area contributed by atoms with Crippen LogP contribution in [-0.4, -0.2) is 30.1 Å². The molecule has 1 aliphatic heterocycles. The number of benzene rings is 3. The molecule has 33 heavy (non-hydrogen) atoms. The van der Waals surface area contributed by atoms with E-state index in [4.69, 9.17) is 9.47 Å². The van der Waals surface area contributed by atoms with Gasteiger partial charge in [0.05, 0.1) is 20.3 Å². The van der Waals surface area contributed by atoms with Gasteiger partial charge in [0.1, 0.15) is 11.5 Å². The van der Waals surface area contributed by atoms with Crippen molar-refractivity contribution in [3.05, 3.63) is 101 Å². The van der Waals surface area contributed by atoms with Gasteiger partial charge in [-0.1, -0.05) is 62.4 Å². The van der Waals surface area contributed by atoms with Crippen LogP contribution in [0.4, 0.5) is 0 Å². The Morgan fingerprint density at radius 1 is 0.909 bits per heavy atom. The summed E-state index contributed by atoms with van der Waals surface area (Å²) in [4.78, 5) is 15.0. The second kappa shape index (κ2) is 9.41. The van der Waals surface area contributed by atoms with E-state index >= 15 is 0 Å². The van der Waals surface area contributed by atoms with Crippen LogP contribution in [-0.2, 0) is 11.3 Å². The highest BCUT2D eigenvalue weighted by Crippen LogP contribution is 2.44. The van der Waals surface area contributed by atoms with E-state index in [1.54, 1.807) is 19.1 Å². The molecule has 0 fully saturated rings. The number of carbonyl (C=O) groups is 1. The van der Waals surface area contributed by atoms with E-state index in [2.05, 4.69) is 26.0 Å². The Morgan fingerprint density at radius 2 is 1.58 bits per heavy atom. The third kappa shape index (κ3) is 4.44. The van der Waals surface area contributed by atoms with Gasteiger partial charge in [0.15, 0.2) is 5.76 Å². The molecule has 4 rings (SSSR count). The summed E-state index contributed by atoms with van der Waals surface area (Å²) in [7, 11) is 3.23. The number of methoxy groups -OCH3 is 2. The SMILES string of the molecule is COc1ccc(C2=C(O)C(=O)N(Cc3cccc(OC)c3)[C@@H]2c2ccc(C(C)C)cc2)cc1. The lowest BCUT2D eigenvalue weighted by Crippen LogP contribution is -2.29. The Balaban J connectivity index is 1.78. The Kier molecular flexibility index (Phi) is 6.40.